The molecule has 1 aliphatic heterocycles. The highest BCUT2D eigenvalue weighted by atomic mass is 19.2. The molecule has 0 aromatic carbocycles. The van der Waals surface area contributed by atoms with Crippen molar-refractivity contribution in [2.75, 3.05) is 13.2 Å². The molecule has 0 amide bonds. The highest BCUT2D eigenvalue weighted by Crippen LogP contribution is 2.32. The Labute approximate surface area is 120 Å². The third kappa shape index (κ3) is 4.64. The first-order chi connectivity index (χ1) is 9.64. The molecule has 1 heterocycles. The van der Waals surface area contributed by atoms with Crippen LogP contribution in [0.3, 0.4) is 0 Å². The lowest BCUT2D eigenvalue weighted by molar-refractivity contribution is -0.307. The normalized spacial score (nSPS) is 32.1. The minimum absolute atomic E-state index is 0.324. The molecular weight excluding hydrogens is 291 g/mol. The molecule has 0 bridgehead atoms. The molecule has 1 N–H and O–H groups in total. The summed E-state index contributed by atoms with van der Waals surface area (Å²) in [5, 5.41) is 9.89. The molecule has 1 aliphatic rings. The summed E-state index contributed by atoms with van der Waals surface area (Å²) in [5.41, 5.74) is 0. The van der Waals surface area contributed by atoms with Gasteiger partial charge in [-0.05, 0) is 0 Å². The Balaban J connectivity index is 2.90. The molecule has 120 valence electrons. The standard InChI is InChI=1S/C12H17FO8/c1-6(14)18-5-10-12(13,17)11(21-8(3)16)9(4-19-10)20-7(2)15/h9-11,17H,4-5H2,1-3H3/t9-,10+,11+,12+/m0/s1. The van der Waals surface area contributed by atoms with Crippen LogP contribution in [0.4, 0.5) is 4.39 Å². The smallest absolute Gasteiger partial charge is 0.303 e. The quantitative estimate of drug-likeness (QED) is 0.545. The van der Waals surface area contributed by atoms with E-state index in [1.165, 1.54) is 0 Å². The van der Waals surface area contributed by atoms with Crippen LogP contribution in [0.2, 0.25) is 0 Å². The van der Waals surface area contributed by atoms with E-state index in [1.54, 1.807) is 0 Å². The molecular formula is C12H17FO8. The fourth-order valence-electron chi connectivity index (χ4n) is 1.86. The number of alkyl halides is 1. The van der Waals surface area contributed by atoms with Crippen molar-refractivity contribution in [1.29, 1.82) is 0 Å². The van der Waals surface area contributed by atoms with Gasteiger partial charge in [0, 0.05) is 20.8 Å². The van der Waals surface area contributed by atoms with Gasteiger partial charge in [-0.1, -0.05) is 0 Å². The summed E-state index contributed by atoms with van der Waals surface area (Å²) in [5.74, 6) is -5.50. The Kier molecular flexibility index (Phi) is 5.62. The lowest BCUT2D eigenvalue weighted by Gasteiger charge is -2.42. The summed E-state index contributed by atoms with van der Waals surface area (Å²) < 4.78 is 33.5. The SMILES string of the molecule is CC(=O)OC[C@H]1OC[C@H](OC(C)=O)[C@@H](OC(C)=O)[C@@]1(O)F. The van der Waals surface area contributed by atoms with Gasteiger partial charge in [-0.2, -0.15) is 0 Å². The predicted molar refractivity (Wildman–Crippen MR) is 63.5 cm³/mol. The van der Waals surface area contributed by atoms with Gasteiger partial charge in [-0.15, -0.1) is 0 Å². The number of rotatable bonds is 4. The molecule has 0 aromatic rings. The van der Waals surface area contributed by atoms with Gasteiger partial charge in [0.25, 0.3) is 5.85 Å². The van der Waals surface area contributed by atoms with Crippen molar-refractivity contribution in [3.05, 3.63) is 0 Å². The predicted octanol–water partition coefficient (Wildman–Crippen LogP) is -0.530. The van der Waals surface area contributed by atoms with Gasteiger partial charge in [0.1, 0.15) is 6.61 Å². The lowest BCUT2D eigenvalue weighted by Crippen LogP contribution is -2.63. The van der Waals surface area contributed by atoms with Crippen LogP contribution >= 0.6 is 0 Å². The molecule has 9 heteroatoms. The van der Waals surface area contributed by atoms with Crippen molar-refractivity contribution in [1.82, 2.24) is 0 Å². The molecule has 0 aliphatic carbocycles. The first-order valence-electron chi connectivity index (χ1n) is 6.15. The molecule has 1 fully saturated rings. The average molecular weight is 308 g/mol. The third-order valence-corrected chi connectivity index (χ3v) is 2.70. The first-order valence-corrected chi connectivity index (χ1v) is 6.15. The van der Waals surface area contributed by atoms with E-state index in [0.717, 1.165) is 20.8 Å². The van der Waals surface area contributed by atoms with Gasteiger partial charge in [-0.25, -0.2) is 4.39 Å². The number of hydrogen-bond donors (Lipinski definition) is 1. The van der Waals surface area contributed by atoms with Crippen molar-refractivity contribution in [3.8, 4) is 0 Å². The Morgan fingerprint density at radius 3 is 2.24 bits per heavy atom. The fraction of sp³-hybridized carbons (Fsp3) is 0.750. The molecule has 1 saturated heterocycles. The molecule has 0 saturated carbocycles. The Hall–Kier alpha value is -1.74. The Bertz CT molecular complexity index is 421. The van der Waals surface area contributed by atoms with Crippen LogP contribution in [0, 0.1) is 0 Å². The number of halogens is 1. The van der Waals surface area contributed by atoms with Gasteiger partial charge >= 0.3 is 17.9 Å². The zero-order chi connectivity index (χ0) is 16.2. The maximum absolute atomic E-state index is 14.5. The van der Waals surface area contributed by atoms with Gasteiger partial charge in [0.05, 0.1) is 6.61 Å². The van der Waals surface area contributed by atoms with Crippen molar-refractivity contribution in [2.45, 2.75) is 44.9 Å². The van der Waals surface area contributed by atoms with E-state index < -0.39 is 48.7 Å². The third-order valence-electron chi connectivity index (χ3n) is 2.70. The number of carbonyl (C=O) groups is 3. The minimum Gasteiger partial charge on any atom is -0.463 e. The number of aliphatic hydroxyl groups is 1. The van der Waals surface area contributed by atoms with E-state index in [0.29, 0.717) is 0 Å². The fourth-order valence-corrected chi connectivity index (χ4v) is 1.86. The molecule has 1 rings (SSSR count). The van der Waals surface area contributed by atoms with Gasteiger partial charge < -0.3 is 24.1 Å². The zero-order valence-corrected chi connectivity index (χ0v) is 11.8. The van der Waals surface area contributed by atoms with Crippen LogP contribution in [-0.4, -0.2) is 60.4 Å². The second-order valence-electron chi connectivity index (χ2n) is 4.53. The topological polar surface area (TPSA) is 108 Å². The van der Waals surface area contributed by atoms with Crippen molar-refractivity contribution >= 4 is 17.9 Å². The Morgan fingerprint density at radius 1 is 1.19 bits per heavy atom. The number of esters is 3. The average Bonchev–Trinajstić information content (AvgIpc) is 2.31. The molecule has 21 heavy (non-hydrogen) atoms. The van der Waals surface area contributed by atoms with E-state index in [2.05, 4.69) is 4.74 Å². The van der Waals surface area contributed by atoms with Gasteiger partial charge in [0.15, 0.2) is 12.2 Å². The molecule has 0 radical (unpaired) electrons. The summed E-state index contributed by atoms with van der Waals surface area (Å²) in [6, 6.07) is 0. The number of ether oxygens (including phenoxy) is 4. The van der Waals surface area contributed by atoms with Crippen LogP contribution < -0.4 is 0 Å². The van der Waals surface area contributed by atoms with E-state index in [9.17, 15) is 23.9 Å². The molecule has 0 spiro atoms. The monoisotopic (exact) mass is 308 g/mol. The summed E-state index contributed by atoms with van der Waals surface area (Å²) in [6.07, 6.45) is -4.67. The van der Waals surface area contributed by atoms with E-state index >= 15 is 0 Å². The summed E-state index contributed by atoms with van der Waals surface area (Å²) in [6.45, 7) is 2.29. The van der Waals surface area contributed by atoms with Crippen molar-refractivity contribution < 1.29 is 42.8 Å². The first kappa shape index (κ1) is 17.3. The summed E-state index contributed by atoms with van der Waals surface area (Å²) in [7, 11) is 0. The van der Waals surface area contributed by atoms with Gasteiger partial charge in [0.2, 0.25) is 6.10 Å². The van der Waals surface area contributed by atoms with E-state index in [-0.39, 0.29) is 6.61 Å². The number of hydrogen-bond acceptors (Lipinski definition) is 8. The van der Waals surface area contributed by atoms with Crippen molar-refractivity contribution in [3.63, 3.8) is 0 Å². The number of carbonyl (C=O) groups excluding carboxylic acids is 3. The van der Waals surface area contributed by atoms with Gasteiger partial charge in [-0.3, -0.25) is 14.4 Å². The second-order valence-corrected chi connectivity index (χ2v) is 4.53. The van der Waals surface area contributed by atoms with E-state index in [1.807, 2.05) is 0 Å². The molecule has 0 aromatic heterocycles. The molecule has 8 nitrogen and oxygen atoms in total. The minimum atomic E-state index is -3.18. The van der Waals surface area contributed by atoms with Crippen LogP contribution in [0.15, 0.2) is 0 Å². The van der Waals surface area contributed by atoms with Crippen LogP contribution in [-0.2, 0) is 33.3 Å². The Morgan fingerprint density at radius 2 is 1.76 bits per heavy atom. The zero-order valence-electron chi connectivity index (χ0n) is 11.8. The van der Waals surface area contributed by atoms with Crippen LogP contribution in [0.5, 0.6) is 0 Å². The van der Waals surface area contributed by atoms with Crippen LogP contribution in [0.25, 0.3) is 0 Å². The summed E-state index contributed by atoms with van der Waals surface area (Å²) >= 11 is 0. The largest absolute Gasteiger partial charge is 0.463 e. The van der Waals surface area contributed by atoms with Crippen LogP contribution in [0.1, 0.15) is 20.8 Å². The second kappa shape index (κ2) is 6.81. The van der Waals surface area contributed by atoms with Crippen molar-refractivity contribution in [2.24, 2.45) is 0 Å². The lowest BCUT2D eigenvalue weighted by atomic mass is 9.97. The van der Waals surface area contributed by atoms with E-state index in [4.69, 9.17) is 14.2 Å². The maximum Gasteiger partial charge on any atom is 0.303 e. The molecule has 4 atom stereocenters. The summed E-state index contributed by atoms with van der Waals surface area (Å²) in [4.78, 5) is 32.7. The highest BCUT2D eigenvalue weighted by molar-refractivity contribution is 5.67. The highest BCUT2D eigenvalue weighted by Gasteiger charge is 2.57. The maximum atomic E-state index is 14.5. The molecule has 0 unspecified atom stereocenters.